The quantitative estimate of drug-likeness (QED) is 0.510. The zero-order valence-corrected chi connectivity index (χ0v) is 24.1. The minimum Gasteiger partial charge on any atom is -0.372 e. The number of nitrogens with one attached hydrogen (secondary N) is 1. The Morgan fingerprint density at radius 2 is 1.88 bits per heavy atom. The van der Waals surface area contributed by atoms with Gasteiger partial charge in [0.1, 0.15) is 12.2 Å². The van der Waals surface area contributed by atoms with Crippen molar-refractivity contribution in [2.75, 3.05) is 13.1 Å². The number of likely N-dealkylation sites (tertiary alicyclic amines) is 1. The van der Waals surface area contributed by atoms with Crippen LogP contribution in [0.2, 0.25) is 0 Å². The first-order valence-corrected chi connectivity index (χ1v) is 15.3. The molecule has 0 aromatic carbocycles. The molecule has 0 spiro atoms. The molecule has 8 nitrogen and oxygen atoms in total. The first kappa shape index (κ1) is 28.2. The predicted molar refractivity (Wildman–Crippen MR) is 142 cm³/mol. The van der Waals surface area contributed by atoms with E-state index in [0.717, 1.165) is 19.3 Å². The smallest absolute Gasteiger partial charge is 0.317 e. The van der Waals surface area contributed by atoms with E-state index in [2.05, 4.69) is 41.1 Å². The molecule has 2 saturated carbocycles. The van der Waals surface area contributed by atoms with Crippen LogP contribution in [-0.4, -0.2) is 87.5 Å². The van der Waals surface area contributed by atoms with Crippen molar-refractivity contribution in [3.05, 3.63) is 11.7 Å². The Hall–Kier alpha value is -1.88. The summed E-state index contributed by atoms with van der Waals surface area (Å²) in [5.74, 6) is -1.88. The van der Waals surface area contributed by atoms with E-state index in [1.54, 1.807) is 4.90 Å². The summed E-state index contributed by atoms with van der Waals surface area (Å²) in [6.45, 7) is 9.52. The van der Waals surface area contributed by atoms with Crippen LogP contribution in [0.15, 0.2) is 4.52 Å². The average Bonchev–Trinajstić information content (AvgIpc) is 3.32. The van der Waals surface area contributed by atoms with Crippen LogP contribution in [-0.2, 0) is 10.2 Å². The van der Waals surface area contributed by atoms with Gasteiger partial charge in [0.05, 0.1) is 18.1 Å². The van der Waals surface area contributed by atoms with Gasteiger partial charge in [-0.3, -0.25) is 4.90 Å². The van der Waals surface area contributed by atoms with E-state index in [-0.39, 0.29) is 18.4 Å². The number of carbonyl (C=O) groups is 1. The summed E-state index contributed by atoms with van der Waals surface area (Å²) in [5, 5.41) is 6.80. The fourth-order valence-electron chi connectivity index (χ4n) is 7.86. The van der Waals surface area contributed by atoms with Crippen LogP contribution in [0.5, 0.6) is 0 Å². The van der Waals surface area contributed by atoms with Crippen molar-refractivity contribution >= 4 is 6.03 Å². The fourth-order valence-corrected chi connectivity index (χ4v) is 7.86. The number of ether oxygens (including phenoxy) is 1. The lowest BCUT2D eigenvalue weighted by atomic mass is 9.79. The van der Waals surface area contributed by atoms with E-state index in [1.165, 1.54) is 0 Å². The molecule has 1 aromatic rings. The number of aromatic nitrogens is 2. The molecule has 11 heteroatoms. The highest BCUT2D eigenvalue weighted by atomic mass is 19.3. The van der Waals surface area contributed by atoms with Crippen LogP contribution in [0.4, 0.5) is 18.0 Å². The minimum absolute atomic E-state index is 0.0629. The van der Waals surface area contributed by atoms with E-state index in [0.29, 0.717) is 81.0 Å². The van der Waals surface area contributed by atoms with Crippen molar-refractivity contribution < 1.29 is 27.2 Å². The molecule has 1 N–H and O–H groups in total. The first-order valence-electron chi connectivity index (χ1n) is 15.3. The molecule has 5 aliphatic rings. The van der Waals surface area contributed by atoms with Crippen molar-refractivity contribution in [1.29, 1.82) is 0 Å². The van der Waals surface area contributed by atoms with E-state index in [9.17, 15) is 9.18 Å². The zero-order chi connectivity index (χ0) is 28.4. The maximum absolute atomic E-state index is 15.3. The summed E-state index contributed by atoms with van der Waals surface area (Å²) in [5.41, 5.74) is -0.416. The fraction of sp³-hybridized carbons (Fsp3) is 0.897. The molecule has 6 rings (SSSR count). The number of halogens is 3. The van der Waals surface area contributed by atoms with Crippen LogP contribution >= 0.6 is 0 Å². The Morgan fingerprint density at radius 1 is 1.15 bits per heavy atom. The van der Waals surface area contributed by atoms with Gasteiger partial charge in [-0.2, -0.15) is 4.98 Å². The Kier molecular flexibility index (Phi) is 7.37. The third-order valence-electron chi connectivity index (χ3n) is 10.4. The van der Waals surface area contributed by atoms with Gasteiger partial charge < -0.3 is 19.5 Å². The van der Waals surface area contributed by atoms with Gasteiger partial charge in [0.15, 0.2) is 5.82 Å². The Labute approximate surface area is 234 Å². The van der Waals surface area contributed by atoms with E-state index < -0.39 is 35.7 Å². The van der Waals surface area contributed by atoms with Crippen molar-refractivity contribution in [2.45, 2.75) is 145 Å². The van der Waals surface area contributed by atoms with Gasteiger partial charge in [-0.25, -0.2) is 18.0 Å². The summed E-state index contributed by atoms with van der Waals surface area (Å²) in [7, 11) is 0. The predicted octanol–water partition coefficient (Wildman–Crippen LogP) is 5.18. The van der Waals surface area contributed by atoms with Crippen LogP contribution < -0.4 is 5.32 Å². The second kappa shape index (κ2) is 10.4. The lowest BCUT2D eigenvalue weighted by molar-refractivity contribution is -0.152. The summed E-state index contributed by atoms with van der Waals surface area (Å²) >= 11 is 0. The molecule has 3 saturated heterocycles. The molecule has 40 heavy (non-hydrogen) atoms. The molecule has 2 bridgehead atoms. The van der Waals surface area contributed by atoms with Crippen molar-refractivity contribution in [1.82, 2.24) is 25.3 Å². The summed E-state index contributed by atoms with van der Waals surface area (Å²) in [6, 6.07) is -0.510. The van der Waals surface area contributed by atoms with Gasteiger partial charge >= 0.3 is 6.03 Å². The molecule has 2 unspecified atom stereocenters. The largest absolute Gasteiger partial charge is 0.372 e. The average molecular weight is 568 g/mol. The number of rotatable bonds is 6. The topological polar surface area (TPSA) is 83.7 Å². The van der Waals surface area contributed by atoms with E-state index >= 15 is 8.78 Å². The molecular formula is C29H44F3N5O3. The van der Waals surface area contributed by atoms with Gasteiger partial charge in [0.2, 0.25) is 5.89 Å². The normalized spacial score (nSPS) is 39.0. The Morgan fingerprint density at radius 3 is 2.52 bits per heavy atom. The van der Waals surface area contributed by atoms with Crippen LogP contribution in [0.25, 0.3) is 0 Å². The van der Waals surface area contributed by atoms with Crippen molar-refractivity contribution in [3.8, 4) is 0 Å². The standard InChI is InChI=1S/C29H44F3N5O3/c1-16(2)37-18-12-17(3)22(37)14-19(13-18)39-23-6-5-7-29(31,32)24(23)33-27(38)36-10-8-28(4,9-11-36)26-34-25(40-35-26)20-15-21(20)30/h16-24H,5-15H2,1-4H3,(H,33,38)/t17-,18?,19+,20-,21+,22?,23+,24-/m1/s1. The highest BCUT2D eigenvalue weighted by Crippen LogP contribution is 2.45. The minimum atomic E-state index is -3.02. The number of piperidine rings is 2. The number of alkyl halides is 3. The zero-order valence-electron chi connectivity index (χ0n) is 24.1. The Bertz CT molecular complexity index is 1080. The van der Waals surface area contributed by atoms with Crippen LogP contribution in [0.1, 0.15) is 103 Å². The second-order valence-electron chi connectivity index (χ2n) is 13.7. The molecule has 1 aromatic heterocycles. The van der Waals surface area contributed by atoms with E-state index in [1.807, 2.05) is 6.92 Å². The van der Waals surface area contributed by atoms with Crippen LogP contribution in [0, 0.1) is 5.92 Å². The number of hydrogen-bond donors (Lipinski definition) is 1. The molecule has 8 atom stereocenters. The molecule has 3 aliphatic heterocycles. The molecule has 224 valence electrons. The number of fused-ring (bicyclic) bond motifs is 2. The molecule has 5 fully saturated rings. The third-order valence-corrected chi connectivity index (χ3v) is 10.4. The monoisotopic (exact) mass is 567 g/mol. The molecule has 2 aliphatic carbocycles. The summed E-state index contributed by atoms with van der Waals surface area (Å²) < 4.78 is 55.7. The molecular weight excluding hydrogens is 523 g/mol. The SMILES string of the molecule is CC(C)N1C2C[C@H](O[C@H]3CCCC(F)(F)[C@@H]3NC(=O)N3CCC(C)(c4noc([C@@H]5C[C@@H]5F)n4)CC3)CC1[C@H](C)C2. The van der Waals surface area contributed by atoms with Gasteiger partial charge in [-0.15, -0.1) is 0 Å². The Balaban J connectivity index is 1.07. The highest BCUT2D eigenvalue weighted by molar-refractivity contribution is 5.75. The lowest BCUT2D eigenvalue weighted by Gasteiger charge is -2.45. The number of amides is 2. The van der Waals surface area contributed by atoms with Gasteiger partial charge in [-0.1, -0.05) is 19.0 Å². The summed E-state index contributed by atoms with van der Waals surface area (Å²) in [4.78, 5) is 21.9. The lowest BCUT2D eigenvalue weighted by Crippen LogP contribution is -2.61. The maximum atomic E-state index is 15.3. The molecule has 2 amide bonds. The number of carbonyl (C=O) groups excluding carboxylic acids is 1. The first-order chi connectivity index (χ1) is 18.9. The molecule has 4 heterocycles. The number of hydrogen-bond acceptors (Lipinski definition) is 6. The van der Waals surface area contributed by atoms with E-state index in [4.69, 9.17) is 9.26 Å². The highest BCUT2D eigenvalue weighted by Gasteiger charge is 2.52. The maximum Gasteiger partial charge on any atom is 0.317 e. The summed E-state index contributed by atoms with van der Waals surface area (Å²) in [6.07, 6.45) is 3.38. The number of urea groups is 1. The van der Waals surface area contributed by atoms with Crippen molar-refractivity contribution in [2.24, 2.45) is 5.92 Å². The third kappa shape index (κ3) is 5.25. The van der Waals surface area contributed by atoms with Gasteiger partial charge in [0.25, 0.3) is 5.92 Å². The molecule has 0 radical (unpaired) electrons. The second-order valence-corrected chi connectivity index (χ2v) is 13.7. The number of nitrogens with zero attached hydrogens (tertiary/aromatic N) is 4. The van der Waals surface area contributed by atoms with Gasteiger partial charge in [0, 0.05) is 43.1 Å². The van der Waals surface area contributed by atoms with Crippen LogP contribution in [0.3, 0.4) is 0 Å². The van der Waals surface area contributed by atoms with Crippen molar-refractivity contribution in [3.63, 3.8) is 0 Å². The van der Waals surface area contributed by atoms with Gasteiger partial charge in [-0.05, 0) is 71.1 Å².